The van der Waals surface area contributed by atoms with E-state index in [1.807, 2.05) is 54.6 Å². The van der Waals surface area contributed by atoms with Crippen LogP contribution in [-0.4, -0.2) is 15.0 Å². The predicted molar refractivity (Wildman–Crippen MR) is 134 cm³/mol. The Bertz CT molecular complexity index is 1590. The molecule has 0 saturated heterocycles. The van der Waals surface area contributed by atoms with Crippen molar-refractivity contribution in [2.24, 2.45) is 0 Å². The van der Waals surface area contributed by atoms with Crippen LogP contribution in [0.5, 0.6) is 0 Å². The van der Waals surface area contributed by atoms with E-state index in [0.717, 1.165) is 40.3 Å². The van der Waals surface area contributed by atoms with Crippen molar-refractivity contribution in [3.63, 3.8) is 0 Å². The van der Waals surface area contributed by atoms with Gasteiger partial charge in [0.05, 0.1) is 5.02 Å². The Labute approximate surface area is 200 Å². The Balaban J connectivity index is 1.65. The quantitative estimate of drug-likeness (QED) is 0.267. The van der Waals surface area contributed by atoms with Gasteiger partial charge in [0.2, 0.25) is 0 Å². The zero-order valence-electron chi connectivity index (χ0n) is 17.4. The largest absolute Gasteiger partial charge is 0.454 e. The summed E-state index contributed by atoms with van der Waals surface area (Å²) in [6.45, 7) is 0. The lowest BCUT2D eigenvalue weighted by molar-refractivity contribution is 0.669. The van der Waals surface area contributed by atoms with Crippen molar-refractivity contribution in [1.29, 1.82) is 0 Å². The number of benzene rings is 3. The van der Waals surface area contributed by atoms with Gasteiger partial charge >= 0.3 is 0 Å². The molecule has 0 fully saturated rings. The minimum atomic E-state index is 0.471. The number of hydrogen-bond acceptors (Lipinski definition) is 4. The van der Waals surface area contributed by atoms with E-state index in [0.29, 0.717) is 38.7 Å². The zero-order valence-corrected chi connectivity index (χ0v) is 18.9. The van der Waals surface area contributed by atoms with Crippen molar-refractivity contribution in [2.45, 2.75) is 12.8 Å². The minimum Gasteiger partial charge on any atom is -0.454 e. The molecular formula is C27H17Cl2N3O. The molecule has 6 rings (SSSR count). The fourth-order valence-electron chi connectivity index (χ4n) is 4.16. The Morgan fingerprint density at radius 2 is 1.61 bits per heavy atom. The molecule has 0 radical (unpaired) electrons. The molecule has 160 valence electrons. The molecule has 0 bridgehead atoms. The van der Waals surface area contributed by atoms with E-state index in [2.05, 4.69) is 18.2 Å². The number of fused-ring (bicyclic) bond motifs is 3. The Kier molecular flexibility index (Phi) is 4.97. The van der Waals surface area contributed by atoms with Gasteiger partial charge < -0.3 is 4.42 Å². The van der Waals surface area contributed by atoms with E-state index < -0.39 is 0 Å². The highest BCUT2D eigenvalue weighted by Crippen LogP contribution is 2.40. The van der Waals surface area contributed by atoms with Gasteiger partial charge in [0, 0.05) is 32.5 Å². The summed E-state index contributed by atoms with van der Waals surface area (Å²) in [5, 5.41) is 2.72. The van der Waals surface area contributed by atoms with Crippen LogP contribution < -0.4 is 0 Å². The molecule has 5 aromatic rings. The molecule has 0 spiro atoms. The van der Waals surface area contributed by atoms with Crippen molar-refractivity contribution in [1.82, 2.24) is 15.0 Å². The number of allylic oxidation sites excluding steroid dienone is 4. The third-order valence-electron chi connectivity index (χ3n) is 5.68. The first-order valence-electron chi connectivity index (χ1n) is 10.7. The lowest BCUT2D eigenvalue weighted by atomic mass is 10.0. The summed E-state index contributed by atoms with van der Waals surface area (Å²) in [6, 6.07) is 19.3. The number of rotatable bonds is 3. The number of furan rings is 1. The van der Waals surface area contributed by atoms with E-state index in [4.69, 9.17) is 42.6 Å². The summed E-state index contributed by atoms with van der Waals surface area (Å²) in [4.78, 5) is 14.6. The van der Waals surface area contributed by atoms with E-state index in [-0.39, 0.29) is 0 Å². The first-order chi connectivity index (χ1) is 16.2. The van der Waals surface area contributed by atoms with Gasteiger partial charge in [0.25, 0.3) is 0 Å². The fourth-order valence-corrected chi connectivity index (χ4v) is 4.69. The highest BCUT2D eigenvalue weighted by Gasteiger charge is 2.19. The van der Waals surface area contributed by atoms with Crippen LogP contribution in [0.4, 0.5) is 0 Å². The van der Waals surface area contributed by atoms with Gasteiger partial charge in [-0.05, 0) is 31.0 Å². The van der Waals surface area contributed by atoms with E-state index in [1.54, 1.807) is 6.07 Å². The summed E-state index contributed by atoms with van der Waals surface area (Å²) in [5.41, 5.74) is 4.06. The molecule has 0 unspecified atom stereocenters. The van der Waals surface area contributed by atoms with Crippen molar-refractivity contribution in [3.8, 4) is 22.8 Å². The Hall–Kier alpha value is -3.47. The van der Waals surface area contributed by atoms with Gasteiger partial charge in [-0.25, -0.2) is 15.0 Å². The molecule has 0 amide bonds. The number of nitrogens with zero attached hydrogens (tertiary/aromatic N) is 3. The van der Waals surface area contributed by atoms with E-state index >= 15 is 0 Å². The number of hydrogen-bond donors (Lipinski definition) is 0. The first-order valence-corrected chi connectivity index (χ1v) is 11.4. The second-order valence-corrected chi connectivity index (χ2v) is 8.70. The first kappa shape index (κ1) is 20.2. The van der Waals surface area contributed by atoms with Gasteiger partial charge in [-0.15, -0.1) is 0 Å². The second-order valence-electron chi connectivity index (χ2n) is 7.86. The Morgan fingerprint density at radius 1 is 0.788 bits per heavy atom. The third-order valence-corrected chi connectivity index (χ3v) is 6.18. The Morgan fingerprint density at radius 3 is 2.42 bits per heavy atom. The summed E-state index contributed by atoms with van der Waals surface area (Å²) >= 11 is 12.8. The molecule has 2 heterocycles. The molecule has 1 aliphatic carbocycles. The molecule has 0 aliphatic heterocycles. The van der Waals surface area contributed by atoms with Crippen LogP contribution in [0.25, 0.3) is 50.3 Å². The summed E-state index contributed by atoms with van der Waals surface area (Å²) in [7, 11) is 0. The summed E-state index contributed by atoms with van der Waals surface area (Å²) in [5.74, 6) is 1.84. The molecular weight excluding hydrogens is 453 g/mol. The monoisotopic (exact) mass is 469 g/mol. The van der Waals surface area contributed by atoms with Crippen LogP contribution in [0.1, 0.15) is 18.7 Å². The van der Waals surface area contributed by atoms with Crippen LogP contribution in [0.3, 0.4) is 0 Å². The second kappa shape index (κ2) is 8.14. The van der Waals surface area contributed by atoms with Gasteiger partial charge in [-0.2, -0.15) is 0 Å². The third kappa shape index (κ3) is 3.62. The minimum absolute atomic E-state index is 0.471. The van der Waals surface area contributed by atoms with Gasteiger partial charge in [-0.3, -0.25) is 0 Å². The smallest absolute Gasteiger partial charge is 0.164 e. The average Bonchev–Trinajstić information content (AvgIpc) is 3.24. The SMILES string of the molecule is Clc1cc(Cl)c2oc3cccc(-c4nc(C5=CCCC=C5)nc(-c5ccccc5)n4)c3c2c1. The standard InChI is InChI=1S/C27H17Cl2N3O/c28-18-14-20-23-19(12-7-13-22(23)33-24(20)21(29)15-18)27-31-25(16-8-3-1-4-9-16)30-26(32-27)17-10-5-2-6-11-17/h1,3-5,7-15H,2,6H2. The lowest BCUT2D eigenvalue weighted by Crippen LogP contribution is -2.03. The molecule has 2 aromatic heterocycles. The molecule has 1 aliphatic rings. The lowest BCUT2D eigenvalue weighted by Gasteiger charge is -2.11. The summed E-state index contributed by atoms with van der Waals surface area (Å²) < 4.78 is 6.08. The van der Waals surface area contributed by atoms with Crippen molar-refractivity contribution in [2.75, 3.05) is 0 Å². The fraction of sp³-hybridized carbons (Fsp3) is 0.0741. The molecule has 33 heavy (non-hydrogen) atoms. The van der Waals surface area contributed by atoms with E-state index in [1.165, 1.54) is 0 Å². The highest BCUT2D eigenvalue weighted by molar-refractivity contribution is 6.39. The van der Waals surface area contributed by atoms with Crippen LogP contribution in [-0.2, 0) is 0 Å². The zero-order chi connectivity index (χ0) is 22.4. The predicted octanol–water partition coefficient (Wildman–Crippen LogP) is 8.15. The number of halogens is 2. The van der Waals surface area contributed by atoms with Crippen molar-refractivity contribution >= 4 is 50.7 Å². The molecule has 0 saturated carbocycles. The van der Waals surface area contributed by atoms with Crippen molar-refractivity contribution < 1.29 is 4.42 Å². The van der Waals surface area contributed by atoms with Crippen LogP contribution in [0.2, 0.25) is 10.0 Å². The summed E-state index contributed by atoms with van der Waals surface area (Å²) in [6.07, 6.45) is 8.38. The number of aromatic nitrogens is 3. The molecule has 6 heteroatoms. The normalized spacial score (nSPS) is 13.6. The van der Waals surface area contributed by atoms with Gasteiger partial charge in [0.15, 0.2) is 23.1 Å². The molecule has 0 N–H and O–H groups in total. The van der Waals surface area contributed by atoms with Crippen LogP contribution in [0, 0.1) is 0 Å². The molecule has 3 aromatic carbocycles. The topological polar surface area (TPSA) is 51.8 Å². The maximum atomic E-state index is 6.43. The van der Waals surface area contributed by atoms with Gasteiger partial charge in [-0.1, -0.05) is 83.9 Å². The molecule has 4 nitrogen and oxygen atoms in total. The van der Waals surface area contributed by atoms with Crippen LogP contribution >= 0.6 is 23.2 Å². The molecule has 0 atom stereocenters. The van der Waals surface area contributed by atoms with Gasteiger partial charge in [0.1, 0.15) is 5.58 Å². The maximum Gasteiger partial charge on any atom is 0.164 e. The highest BCUT2D eigenvalue weighted by atomic mass is 35.5. The maximum absolute atomic E-state index is 6.43. The van der Waals surface area contributed by atoms with Crippen LogP contribution in [0.15, 0.2) is 83.3 Å². The van der Waals surface area contributed by atoms with Crippen molar-refractivity contribution in [3.05, 3.63) is 94.8 Å². The average molecular weight is 470 g/mol. The van der Waals surface area contributed by atoms with E-state index in [9.17, 15) is 0 Å².